The van der Waals surface area contributed by atoms with Crippen LogP contribution >= 0.6 is 11.6 Å². The van der Waals surface area contributed by atoms with E-state index < -0.39 is 35.6 Å². The summed E-state index contributed by atoms with van der Waals surface area (Å²) < 4.78 is 13.0. The van der Waals surface area contributed by atoms with E-state index in [0.29, 0.717) is 16.4 Å². The highest BCUT2D eigenvalue weighted by Gasteiger charge is 2.55. The molecule has 29 heavy (non-hydrogen) atoms. The van der Waals surface area contributed by atoms with E-state index >= 15 is 0 Å². The van der Waals surface area contributed by atoms with Crippen LogP contribution in [-0.2, 0) is 14.4 Å². The molecule has 0 aliphatic carbocycles. The molecular weight excluding hydrogens is 401 g/mol. The lowest BCUT2D eigenvalue weighted by atomic mass is 10.1. The number of nitrogens with one attached hydrogen (secondary N) is 1. The molecule has 0 spiro atoms. The molecule has 1 fully saturated rings. The number of imide groups is 1. The molecule has 2 aliphatic heterocycles. The lowest BCUT2D eigenvalue weighted by Gasteiger charge is -2.20. The molecule has 2 unspecified atom stereocenters. The Balaban J connectivity index is 1.49. The molecule has 148 valence electrons. The fourth-order valence-corrected chi connectivity index (χ4v) is 3.38. The Morgan fingerprint density at radius 3 is 2.59 bits per heavy atom. The zero-order valence-corrected chi connectivity index (χ0v) is 15.9. The molecule has 8 nitrogen and oxygen atoms in total. The van der Waals surface area contributed by atoms with Crippen LogP contribution in [0, 0.1) is 12.7 Å². The molecule has 3 amide bonds. The highest BCUT2D eigenvalue weighted by molar-refractivity contribution is 6.32. The van der Waals surface area contributed by atoms with Crippen LogP contribution in [-0.4, -0.2) is 41.4 Å². The zero-order valence-electron chi connectivity index (χ0n) is 15.2. The molecule has 2 atom stereocenters. The first-order valence-electron chi connectivity index (χ1n) is 8.72. The van der Waals surface area contributed by atoms with Crippen LogP contribution in [0.1, 0.15) is 5.56 Å². The van der Waals surface area contributed by atoms with Gasteiger partial charge in [0.15, 0.2) is 12.1 Å². The lowest BCUT2D eigenvalue weighted by molar-refractivity contribution is -0.123. The molecule has 2 aliphatic rings. The summed E-state index contributed by atoms with van der Waals surface area (Å²) in [7, 11) is 0. The summed E-state index contributed by atoms with van der Waals surface area (Å²) in [4.78, 5) is 38.9. The summed E-state index contributed by atoms with van der Waals surface area (Å²) in [6, 6.07) is 8.11. The second-order valence-electron chi connectivity index (χ2n) is 6.69. The van der Waals surface area contributed by atoms with Gasteiger partial charge in [0.05, 0.1) is 5.69 Å². The van der Waals surface area contributed by atoms with Gasteiger partial charge in [-0.1, -0.05) is 22.9 Å². The van der Waals surface area contributed by atoms with Crippen LogP contribution in [0.5, 0.6) is 0 Å². The van der Waals surface area contributed by atoms with Crippen molar-refractivity contribution in [2.75, 3.05) is 16.8 Å². The van der Waals surface area contributed by atoms with E-state index in [0.717, 1.165) is 10.5 Å². The van der Waals surface area contributed by atoms with Crippen molar-refractivity contribution < 1.29 is 18.8 Å². The van der Waals surface area contributed by atoms with Crippen molar-refractivity contribution in [1.82, 2.24) is 5.01 Å². The molecule has 10 heteroatoms. The lowest BCUT2D eigenvalue weighted by Crippen LogP contribution is -2.43. The molecule has 1 saturated heterocycles. The van der Waals surface area contributed by atoms with Crippen molar-refractivity contribution in [3.05, 3.63) is 58.9 Å². The Morgan fingerprint density at radius 1 is 1.17 bits per heavy atom. The van der Waals surface area contributed by atoms with Gasteiger partial charge in [0.2, 0.25) is 5.91 Å². The molecule has 2 heterocycles. The predicted octanol–water partition coefficient (Wildman–Crippen LogP) is 2.72. The van der Waals surface area contributed by atoms with Gasteiger partial charge in [-0.05, 0) is 48.9 Å². The topological polar surface area (TPSA) is 94.4 Å². The number of anilines is 2. The molecule has 1 N–H and O–H groups in total. The molecule has 0 saturated carbocycles. The second-order valence-corrected chi connectivity index (χ2v) is 7.10. The first-order chi connectivity index (χ1) is 13.8. The van der Waals surface area contributed by atoms with Crippen LogP contribution in [0.2, 0.25) is 5.02 Å². The van der Waals surface area contributed by atoms with E-state index in [2.05, 4.69) is 15.7 Å². The molecule has 0 bridgehead atoms. The fraction of sp³-hybridized carbons (Fsp3) is 0.211. The van der Waals surface area contributed by atoms with E-state index in [1.54, 1.807) is 12.1 Å². The van der Waals surface area contributed by atoms with E-state index in [9.17, 15) is 18.8 Å². The molecular formula is C19H15ClFN5O3. The number of carbonyl (C=O) groups excluding carboxylic acids is 3. The van der Waals surface area contributed by atoms with Gasteiger partial charge in [0.25, 0.3) is 11.8 Å². The third-order valence-electron chi connectivity index (χ3n) is 4.71. The highest BCUT2D eigenvalue weighted by atomic mass is 35.5. The summed E-state index contributed by atoms with van der Waals surface area (Å²) >= 11 is 6.11. The number of fused-ring (bicyclic) bond motifs is 1. The minimum absolute atomic E-state index is 0.288. The van der Waals surface area contributed by atoms with Gasteiger partial charge in [-0.2, -0.15) is 5.11 Å². The van der Waals surface area contributed by atoms with Gasteiger partial charge in [0, 0.05) is 10.7 Å². The summed E-state index contributed by atoms with van der Waals surface area (Å²) in [5, 5.41) is 11.9. The number of benzene rings is 2. The standard InChI is InChI=1S/C19H15ClFN5O3/c1-10-2-7-13(8-14(10)20)26-18(28)16-17(19(26)29)25(24-23-16)9-15(27)22-12-5-3-11(21)4-6-12/h2-8,16-17H,9H2,1H3,(H,22,27). The number of hydrogen-bond donors (Lipinski definition) is 1. The Morgan fingerprint density at radius 2 is 1.90 bits per heavy atom. The van der Waals surface area contributed by atoms with Crippen LogP contribution in [0.15, 0.2) is 52.8 Å². The summed E-state index contributed by atoms with van der Waals surface area (Å²) in [5.41, 5.74) is 1.55. The molecule has 2 aromatic rings. The molecule has 0 aromatic heterocycles. The van der Waals surface area contributed by atoms with Crippen molar-refractivity contribution in [2.24, 2.45) is 10.3 Å². The predicted molar refractivity (Wildman–Crippen MR) is 103 cm³/mol. The van der Waals surface area contributed by atoms with Gasteiger partial charge in [-0.15, -0.1) is 0 Å². The Labute approximate surface area is 169 Å². The minimum Gasteiger partial charge on any atom is -0.324 e. The van der Waals surface area contributed by atoms with E-state index in [-0.39, 0.29) is 6.54 Å². The fourth-order valence-electron chi connectivity index (χ4n) is 3.21. The van der Waals surface area contributed by atoms with Gasteiger partial charge < -0.3 is 5.32 Å². The molecule has 4 rings (SSSR count). The van der Waals surface area contributed by atoms with Crippen molar-refractivity contribution in [3.63, 3.8) is 0 Å². The quantitative estimate of drug-likeness (QED) is 0.777. The number of hydrogen-bond acceptors (Lipinski definition) is 6. The van der Waals surface area contributed by atoms with Crippen molar-refractivity contribution >= 4 is 40.7 Å². The van der Waals surface area contributed by atoms with Gasteiger partial charge in [-0.3, -0.25) is 19.4 Å². The third kappa shape index (κ3) is 3.44. The Kier molecular flexibility index (Phi) is 4.75. The minimum atomic E-state index is -1.01. The maximum Gasteiger partial charge on any atom is 0.263 e. The van der Waals surface area contributed by atoms with Crippen molar-refractivity contribution in [2.45, 2.75) is 19.0 Å². The maximum absolute atomic E-state index is 13.0. The number of rotatable bonds is 4. The molecule has 0 radical (unpaired) electrons. The number of nitrogens with zero attached hydrogens (tertiary/aromatic N) is 4. The van der Waals surface area contributed by atoms with Crippen LogP contribution < -0.4 is 10.2 Å². The van der Waals surface area contributed by atoms with E-state index in [1.807, 2.05) is 6.92 Å². The van der Waals surface area contributed by atoms with Crippen LogP contribution in [0.3, 0.4) is 0 Å². The van der Waals surface area contributed by atoms with Crippen LogP contribution in [0.4, 0.5) is 15.8 Å². The summed E-state index contributed by atoms with van der Waals surface area (Å²) in [5.74, 6) is -1.96. The van der Waals surface area contributed by atoms with E-state index in [4.69, 9.17) is 11.6 Å². The summed E-state index contributed by atoms with van der Waals surface area (Å²) in [6.07, 6.45) is 0. The number of aryl methyl sites for hydroxylation is 1. The van der Waals surface area contributed by atoms with Crippen molar-refractivity contribution in [1.29, 1.82) is 0 Å². The monoisotopic (exact) mass is 415 g/mol. The normalized spacial score (nSPS) is 20.4. The first-order valence-corrected chi connectivity index (χ1v) is 9.10. The Hall–Kier alpha value is -3.33. The number of amides is 3. The zero-order chi connectivity index (χ0) is 20.7. The maximum atomic E-state index is 13.0. The Bertz CT molecular complexity index is 1040. The smallest absolute Gasteiger partial charge is 0.263 e. The summed E-state index contributed by atoms with van der Waals surface area (Å²) in [6.45, 7) is 1.52. The third-order valence-corrected chi connectivity index (χ3v) is 5.11. The average molecular weight is 416 g/mol. The van der Waals surface area contributed by atoms with Gasteiger partial charge >= 0.3 is 0 Å². The number of carbonyl (C=O) groups is 3. The van der Waals surface area contributed by atoms with Crippen LogP contribution in [0.25, 0.3) is 0 Å². The largest absolute Gasteiger partial charge is 0.324 e. The SMILES string of the molecule is Cc1ccc(N2C(=O)C3N=NN(CC(=O)Nc4ccc(F)cc4)C3C2=O)cc1Cl. The second kappa shape index (κ2) is 7.25. The highest BCUT2D eigenvalue weighted by Crippen LogP contribution is 2.33. The number of halogens is 2. The first kappa shape index (κ1) is 19.0. The van der Waals surface area contributed by atoms with E-state index in [1.165, 1.54) is 35.3 Å². The average Bonchev–Trinajstić information content (AvgIpc) is 3.20. The molecule has 2 aromatic carbocycles. The van der Waals surface area contributed by atoms with Crippen molar-refractivity contribution in [3.8, 4) is 0 Å². The van der Waals surface area contributed by atoms with Gasteiger partial charge in [0.1, 0.15) is 12.4 Å². The van der Waals surface area contributed by atoms with Gasteiger partial charge in [-0.25, -0.2) is 9.29 Å².